The summed E-state index contributed by atoms with van der Waals surface area (Å²) in [6.45, 7) is 1.63. The van der Waals surface area contributed by atoms with E-state index in [1.807, 2.05) is 140 Å². The van der Waals surface area contributed by atoms with Gasteiger partial charge in [-0.15, -0.1) is 0 Å². The molecule has 120 heavy (non-hydrogen) atoms. The van der Waals surface area contributed by atoms with Crippen LogP contribution < -0.4 is 0 Å². The highest BCUT2D eigenvalue weighted by Gasteiger charge is 2.46. The summed E-state index contributed by atoms with van der Waals surface area (Å²) in [5.74, 6) is -4.61. The van der Waals surface area contributed by atoms with E-state index >= 15 is 0 Å². The molecule has 5 saturated heterocycles. The lowest BCUT2D eigenvalue weighted by Gasteiger charge is -2.38. The summed E-state index contributed by atoms with van der Waals surface area (Å²) in [6, 6.07) is 80.0. The van der Waals surface area contributed by atoms with Crippen LogP contribution in [0.3, 0.4) is 0 Å². The number of hydrogen-bond donors (Lipinski definition) is 2. The van der Waals surface area contributed by atoms with Crippen molar-refractivity contribution < 1.29 is 85.6 Å². The molecular weight excluding hydrogens is 1600 g/mol. The molecule has 5 fully saturated rings. The van der Waals surface area contributed by atoms with Crippen molar-refractivity contribution in [3.8, 4) is 0 Å². The molecule has 14 nitrogen and oxygen atoms in total. The van der Waals surface area contributed by atoms with Crippen molar-refractivity contribution in [3.63, 3.8) is 0 Å². The van der Waals surface area contributed by atoms with Crippen molar-refractivity contribution in [1.29, 1.82) is 0 Å². The minimum Gasteiger partial charge on any atom is -0.481 e. The SMILES string of the molecule is C1CCOC1.CN1C2CCC1CC(OC(=O)C(CO)(Cc1ccc(F)cc1)c1ccccc1)C2.CN1C2CCC1CC(OC(=O)C(Cc1ccc(F)cc1)c1ccccc1)C2.COC(=O)C(Cc1ccc(F)cc1)c1ccccc1.COC(=O)Cc1ccccc1.Fc1ccc(CBr)cc1.O=C(O)C(Cc1ccc(F)cc1)c1ccccc1.[2H]CF. The number of carbonyl (C=O) groups is 5. The molecule has 10 aromatic rings. The molecular formula is C99H109BrF6N2O12. The molecule has 21 heteroatoms. The second-order valence-corrected chi connectivity index (χ2v) is 30.7. The molecule has 8 unspecified atom stereocenters. The maximum atomic E-state index is 13.5. The van der Waals surface area contributed by atoms with E-state index in [-0.39, 0.29) is 84.1 Å². The lowest BCUT2D eigenvalue weighted by molar-refractivity contribution is -0.161. The third kappa shape index (κ3) is 30.3. The Morgan fingerprint density at radius 1 is 0.450 bits per heavy atom. The first-order chi connectivity index (χ1) is 58.5. The average molecular weight is 1710 g/mol. The van der Waals surface area contributed by atoms with E-state index in [2.05, 4.69) is 44.6 Å². The number of esters is 4. The molecule has 4 bridgehead atoms. The molecule has 2 N–H and O–H groups in total. The van der Waals surface area contributed by atoms with Crippen molar-refractivity contribution in [2.75, 3.05) is 55.3 Å². The third-order valence-corrected chi connectivity index (χ3v) is 22.8. The fraction of sp³-hybridized carbons (Fsp3) is 0.343. The number of halogens is 7. The first kappa shape index (κ1) is 93.3. The molecule has 0 spiro atoms. The minimum absolute atomic E-state index is 0.00521. The highest BCUT2D eigenvalue weighted by atomic mass is 79.9. The zero-order chi connectivity index (χ0) is 86.9. The number of carbonyl (C=O) groups excluding carboxylic acids is 4. The van der Waals surface area contributed by atoms with Gasteiger partial charge in [-0.1, -0.05) is 228 Å². The molecule has 5 heterocycles. The van der Waals surface area contributed by atoms with Gasteiger partial charge in [0.05, 0.1) is 53.5 Å². The number of methoxy groups -OCH3 is 2. The van der Waals surface area contributed by atoms with Crippen LogP contribution in [0.15, 0.2) is 273 Å². The summed E-state index contributed by atoms with van der Waals surface area (Å²) >= 11 is 3.26. The van der Waals surface area contributed by atoms with E-state index in [9.17, 15) is 60.5 Å². The number of ether oxygens (including phenoxy) is 5. The normalized spacial score (nSPS) is 18.6. The van der Waals surface area contributed by atoms with Crippen LogP contribution in [-0.2, 0) is 90.5 Å². The molecule has 636 valence electrons. The third-order valence-electron chi connectivity index (χ3n) is 22.1. The average Bonchev–Trinajstić information content (AvgIpc) is 0.929. The van der Waals surface area contributed by atoms with Crippen molar-refractivity contribution >= 4 is 45.8 Å². The second kappa shape index (κ2) is 50.5. The Balaban J connectivity index is 0.000000183. The van der Waals surface area contributed by atoms with Crippen LogP contribution in [0.5, 0.6) is 0 Å². The zero-order valence-electron chi connectivity index (χ0n) is 69.3. The topological polar surface area (TPSA) is 178 Å². The van der Waals surface area contributed by atoms with E-state index in [4.69, 9.17) is 20.3 Å². The fourth-order valence-corrected chi connectivity index (χ4v) is 15.7. The van der Waals surface area contributed by atoms with Gasteiger partial charge >= 0.3 is 29.8 Å². The highest BCUT2D eigenvalue weighted by Crippen LogP contribution is 2.40. The summed E-state index contributed by atoms with van der Waals surface area (Å²) in [7, 11) is 6.10. The summed E-state index contributed by atoms with van der Waals surface area (Å²) in [5.41, 5.74) is 7.63. The first-order valence-electron chi connectivity index (χ1n) is 41.1. The summed E-state index contributed by atoms with van der Waals surface area (Å²) in [6.07, 6.45) is 12.7. The zero-order valence-corrected chi connectivity index (χ0v) is 69.9. The molecule has 0 amide bonds. The van der Waals surface area contributed by atoms with Crippen LogP contribution in [0.1, 0.15) is 139 Å². The van der Waals surface area contributed by atoms with Gasteiger partial charge in [0.2, 0.25) is 0 Å². The molecule has 0 aromatic heterocycles. The Labute approximate surface area is 711 Å². The Kier molecular flexibility index (Phi) is 39.3. The van der Waals surface area contributed by atoms with Gasteiger partial charge in [0.1, 0.15) is 46.7 Å². The van der Waals surface area contributed by atoms with Crippen molar-refractivity contribution in [3.05, 3.63) is 358 Å². The number of fused-ring (bicyclic) bond motifs is 4. The van der Waals surface area contributed by atoms with Gasteiger partial charge in [-0.25, -0.2) is 22.0 Å². The number of aliphatic carboxylic acids is 1. The summed E-state index contributed by atoms with van der Waals surface area (Å²) in [5, 5.41) is 20.5. The molecule has 0 radical (unpaired) electrons. The number of aliphatic hydroxyl groups is 1. The number of nitrogens with zero attached hydrogens (tertiary/aromatic N) is 2. The standard InChI is InChI=1S/C24H28FNO3.C23H26FNO2.C16H15FO2.C15H13FO2.C9H10O2.C7H6BrF.C4H8O.CH3F/c1-26-20-11-12-21(26)14-22(13-20)29-23(28)24(16-27,18-5-3-2-4-6-18)15-17-7-9-19(25)10-8-17;1-25-19-11-12-20(25)15-21(14-19)27-23(26)22(17-5-3-2-4-6-17)13-16-7-9-18(24)10-8-16;1-19-16(18)15(13-5-3-2-4-6-13)11-12-7-9-14(17)10-8-12;16-13-8-6-11(7-9-13)10-14(15(17)18)12-4-2-1-3-5-12;1-11-9(10)7-8-5-3-2-4-6-8;8-5-6-1-3-7(9)4-2-6;1-2-4-5-3-1;1-2/h2-10,20-22,27H,11-16H2,1H3;2-10,19-22H,11-15H2,1H3;2-10,15H,11H2,1H3;1-9,14H,10H2,(H,17,18);2-6H,7H2,1H3;1-4H,5H2;1-4H2;1H3/i;;;;;;;1D. The Bertz CT molecular complexity index is 4620. The van der Waals surface area contributed by atoms with Crippen molar-refractivity contribution in [2.24, 2.45) is 0 Å². The van der Waals surface area contributed by atoms with Crippen LogP contribution in [0, 0.1) is 29.1 Å². The number of alkyl halides is 2. The molecule has 8 atom stereocenters. The van der Waals surface area contributed by atoms with Gasteiger partial charge in [0.25, 0.3) is 0 Å². The van der Waals surface area contributed by atoms with E-state index in [0.717, 1.165) is 107 Å². The van der Waals surface area contributed by atoms with Gasteiger partial charge in [0.15, 0.2) is 0 Å². The highest BCUT2D eigenvalue weighted by molar-refractivity contribution is 9.08. The van der Waals surface area contributed by atoms with Gasteiger partial charge in [-0.05, 0) is 220 Å². The second-order valence-electron chi connectivity index (χ2n) is 30.1. The lowest BCUT2D eigenvalue weighted by Crippen LogP contribution is -2.48. The summed E-state index contributed by atoms with van der Waals surface area (Å²) in [4.78, 5) is 65.4. The maximum absolute atomic E-state index is 13.5. The van der Waals surface area contributed by atoms with Crippen molar-refractivity contribution in [1.82, 2.24) is 9.80 Å². The molecule has 0 aliphatic carbocycles. The first-order valence-corrected chi connectivity index (χ1v) is 41.5. The lowest BCUT2D eigenvalue weighted by atomic mass is 9.76. The maximum Gasteiger partial charge on any atom is 0.319 e. The van der Waals surface area contributed by atoms with Gasteiger partial charge in [-0.2, -0.15) is 0 Å². The Hall–Kier alpha value is -10.6. The van der Waals surface area contributed by atoms with Crippen LogP contribution >= 0.6 is 15.9 Å². The van der Waals surface area contributed by atoms with Crippen molar-refractivity contribution in [2.45, 2.75) is 161 Å². The number of rotatable bonds is 22. The van der Waals surface area contributed by atoms with Crippen LogP contribution in [0.25, 0.3) is 0 Å². The predicted molar refractivity (Wildman–Crippen MR) is 458 cm³/mol. The smallest absolute Gasteiger partial charge is 0.319 e. The van der Waals surface area contributed by atoms with Crippen LogP contribution in [0.2, 0.25) is 0 Å². The van der Waals surface area contributed by atoms with E-state index in [0.29, 0.717) is 55.4 Å². The number of benzene rings is 10. The predicted octanol–water partition coefficient (Wildman–Crippen LogP) is 19.9. The van der Waals surface area contributed by atoms with E-state index < -0.39 is 30.4 Å². The number of aliphatic hydroxyl groups excluding tert-OH is 1. The van der Waals surface area contributed by atoms with E-state index in [1.54, 1.807) is 72.8 Å². The minimum atomic E-state index is -1.21. The summed E-state index contributed by atoms with van der Waals surface area (Å²) < 4.78 is 106. The quantitative estimate of drug-likeness (QED) is 0.0283. The number of piperidine rings is 2. The molecule has 5 aliphatic heterocycles. The van der Waals surface area contributed by atoms with Crippen LogP contribution in [-0.4, -0.2) is 142 Å². The number of hydrogen-bond acceptors (Lipinski definition) is 13. The molecule has 15 rings (SSSR count). The Morgan fingerprint density at radius 3 is 1.11 bits per heavy atom. The number of carboxylic acids is 1. The monoisotopic (exact) mass is 1710 g/mol. The number of carboxylic acid groups (broad SMARTS) is 1. The molecule has 0 saturated carbocycles. The molecule has 10 aromatic carbocycles. The van der Waals surface area contributed by atoms with Gasteiger partial charge in [-0.3, -0.25) is 28.4 Å². The molecule has 5 aliphatic rings. The Morgan fingerprint density at radius 2 is 0.775 bits per heavy atom. The van der Waals surface area contributed by atoms with Gasteiger partial charge in [0, 0.05) is 42.7 Å². The largest absolute Gasteiger partial charge is 0.481 e. The van der Waals surface area contributed by atoms with Crippen LogP contribution in [0.4, 0.5) is 26.3 Å². The van der Waals surface area contributed by atoms with E-state index in [1.165, 1.54) is 101 Å². The van der Waals surface area contributed by atoms with Gasteiger partial charge < -0.3 is 43.7 Å². The fourth-order valence-electron chi connectivity index (χ4n) is 15.3.